The zero-order chi connectivity index (χ0) is 19.0. The van der Waals surface area contributed by atoms with Gasteiger partial charge in [0.1, 0.15) is 6.54 Å². The van der Waals surface area contributed by atoms with Crippen LogP contribution in [0, 0.1) is 0 Å². The van der Waals surface area contributed by atoms with Crippen molar-refractivity contribution in [2.75, 3.05) is 16.8 Å². The van der Waals surface area contributed by atoms with Gasteiger partial charge < -0.3 is 10.2 Å². The van der Waals surface area contributed by atoms with Gasteiger partial charge in [0.15, 0.2) is 0 Å². The fourth-order valence-corrected chi connectivity index (χ4v) is 3.38. The average molecular weight is 362 g/mol. The van der Waals surface area contributed by atoms with Gasteiger partial charge in [-0.05, 0) is 36.2 Å². The van der Waals surface area contributed by atoms with Crippen LogP contribution in [0.5, 0.6) is 0 Å². The number of aromatic nitrogens is 2. The summed E-state index contributed by atoms with van der Waals surface area (Å²) in [4.78, 5) is 38.2. The second-order valence-corrected chi connectivity index (χ2v) is 6.51. The van der Waals surface area contributed by atoms with E-state index in [9.17, 15) is 14.4 Å². The summed E-state index contributed by atoms with van der Waals surface area (Å²) in [7, 11) is 0. The Balaban J connectivity index is 1.52. The third-order valence-corrected chi connectivity index (χ3v) is 4.69. The molecule has 0 saturated heterocycles. The molecular formula is C20H18N4O3. The van der Waals surface area contributed by atoms with E-state index in [0.29, 0.717) is 17.6 Å². The smallest absolute Gasteiger partial charge is 0.275 e. The number of carbonyl (C=O) groups is 2. The van der Waals surface area contributed by atoms with Gasteiger partial charge in [-0.3, -0.25) is 14.4 Å². The summed E-state index contributed by atoms with van der Waals surface area (Å²) in [6, 6.07) is 12.6. The molecule has 2 heterocycles. The number of rotatable bonds is 3. The Bertz CT molecular complexity index is 1120. The summed E-state index contributed by atoms with van der Waals surface area (Å²) in [6.45, 7) is 2.03. The van der Waals surface area contributed by atoms with Crippen molar-refractivity contribution < 1.29 is 9.59 Å². The molecule has 1 aliphatic heterocycles. The maximum absolute atomic E-state index is 12.5. The minimum atomic E-state index is -0.332. The van der Waals surface area contributed by atoms with Crippen LogP contribution >= 0.6 is 0 Å². The van der Waals surface area contributed by atoms with Crippen LogP contribution in [0.1, 0.15) is 12.5 Å². The Morgan fingerprint density at radius 3 is 2.81 bits per heavy atom. The predicted octanol–water partition coefficient (Wildman–Crippen LogP) is 1.94. The lowest BCUT2D eigenvalue weighted by Crippen LogP contribution is -2.29. The zero-order valence-electron chi connectivity index (χ0n) is 14.8. The summed E-state index contributed by atoms with van der Waals surface area (Å²) in [5, 5.41) is 8.14. The average Bonchev–Trinajstić information content (AvgIpc) is 3.08. The second-order valence-electron chi connectivity index (χ2n) is 6.51. The van der Waals surface area contributed by atoms with E-state index >= 15 is 0 Å². The second kappa shape index (κ2) is 6.68. The van der Waals surface area contributed by atoms with Crippen LogP contribution in [0.3, 0.4) is 0 Å². The van der Waals surface area contributed by atoms with Crippen LogP contribution in [0.15, 0.2) is 53.5 Å². The van der Waals surface area contributed by atoms with E-state index < -0.39 is 0 Å². The van der Waals surface area contributed by atoms with E-state index in [-0.39, 0.29) is 23.9 Å². The van der Waals surface area contributed by atoms with Crippen molar-refractivity contribution in [3.8, 4) is 0 Å². The molecule has 2 amide bonds. The molecule has 136 valence electrons. The van der Waals surface area contributed by atoms with E-state index in [1.54, 1.807) is 36.2 Å². The molecule has 0 unspecified atom stereocenters. The van der Waals surface area contributed by atoms with E-state index in [1.165, 1.54) is 0 Å². The first kappa shape index (κ1) is 17.0. The van der Waals surface area contributed by atoms with Gasteiger partial charge in [0, 0.05) is 30.2 Å². The Morgan fingerprint density at radius 1 is 1.19 bits per heavy atom. The Kier molecular flexibility index (Phi) is 4.19. The summed E-state index contributed by atoms with van der Waals surface area (Å²) >= 11 is 0. The number of amides is 2. The third kappa shape index (κ3) is 3.19. The molecule has 1 N–H and O–H groups in total. The van der Waals surface area contributed by atoms with Crippen LogP contribution in [-0.4, -0.2) is 28.1 Å². The maximum atomic E-state index is 12.5. The van der Waals surface area contributed by atoms with Crippen molar-refractivity contribution in [1.82, 2.24) is 9.78 Å². The van der Waals surface area contributed by atoms with Crippen LogP contribution in [0.2, 0.25) is 0 Å². The molecule has 2 aromatic carbocycles. The molecule has 0 saturated carbocycles. The van der Waals surface area contributed by atoms with Gasteiger partial charge in [-0.15, -0.1) is 0 Å². The van der Waals surface area contributed by atoms with Crippen molar-refractivity contribution >= 4 is 34.0 Å². The van der Waals surface area contributed by atoms with Gasteiger partial charge in [0.25, 0.3) is 5.56 Å². The number of hydrogen-bond donors (Lipinski definition) is 1. The minimum Gasteiger partial charge on any atom is -0.324 e. The summed E-state index contributed by atoms with van der Waals surface area (Å²) in [5.74, 6) is -0.325. The molecule has 0 aliphatic carbocycles. The molecule has 0 fully saturated rings. The Labute approximate surface area is 155 Å². The lowest BCUT2D eigenvalue weighted by atomic mass is 10.1. The lowest BCUT2D eigenvalue weighted by Gasteiger charge is -2.15. The molecule has 1 aromatic heterocycles. The van der Waals surface area contributed by atoms with Crippen LogP contribution in [0.25, 0.3) is 10.8 Å². The fourth-order valence-electron chi connectivity index (χ4n) is 3.38. The molecule has 0 spiro atoms. The molecule has 27 heavy (non-hydrogen) atoms. The van der Waals surface area contributed by atoms with E-state index in [4.69, 9.17) is 0 Å². The molecule has 7 nitrogen and oxygen atoms in total. The molecule has 7 heteroatoms. The fraction of sp³-hybridized carbons (Fsp3) is 0.200. The SMILES string of the molecule is CC(=O)N1CCc2cc(NC(=O)Cn3ncc4ccccc4c3=O)ccc21. The lowest BCUT2D eigenvalue weighted by molar-refractivity contribution is -0.117. The van der Waals surface area contributed by atoms with Gasteiger partial charge >= 0.3 is 0 Å². The summed E-state index contributed by atoms with van der Waals surface area (Å²) in [5.41, 5.74) is 2.24. The highest BCUT2D eigenvalue weighted by molar-refractivity contribution is 5.95. The minimum absolute atomic E-state index is 0.00675. The van der Waals surface area contributed by atoms with Crippen LogP contribution in [-0.2, 0) is 22.6 Å². The predicted molar refractivity (Wildman–Crippen MR) is 103 cm³/mol. The number of carbonyl (C=O) groups excluding carboxylic acids is 2. The quantitative estimate of drug-likeness (QED) is 0.772. The van der Waals surface area contributed by atoms with Gasteiger partial charge in [0.05, 0.1) is 11.6 Å². The van der Waals surface area contributed by atoms with E-state index in [0.717, 1.165) is 27.7 Å². The van der Waals surface area contributed by atoms with Gasteiger partial charge in [-0.1, -0.05) is 18.2 Å². The molecule has 0 radical (unpaired) electrons. The zero-order valence-corrected chi connectivity index (χ0v) is 14.8. The highest BCUT2D eigenvalue weighted by atomic mass is 16.2. The van der Waals surface area contributed by atoms with Crippen molar-refractivity contribution in [2.24, 2.45) is 0 Å². The number of hydrogen-bond acceptors (Lipinski definition) is 4. The van der Waals surface area contributed by atoms with Crippen molar-refractivity contribution in [3.63, 3.8) is 0 Å². The van der Waals surface area contributed by atoms with Crippen molar-refractivity contribution in [3.05, 3.63) is 64.6 Å². The highest BCUT2D eigenvalue weighted by Crippen LogP contribution is 2.30. The molecule has 3 aromatic rings. The number of nitrogens with zero attached hydrogens (tertiary/aromatic N) is 3. The number of benzene rings is 2. The van der Waals surface area contributed by atoms with E-state index in [2.05, 4.69) is 10.4 Å². The van der Waals surface area contributed by atoms with Gasteiger partial charge in [0.2, 0.25) is 11.8 Å². The highest BCUT2D eigenvalue weighted by Gasteiger charge is 2.22. The standard InChI is InChI=1S/C20H18N4O3/c1-13(25)23-9-8-14-10-16(6-7-18(14)23)22-19(26)12-24-20(27)17-5-3-2-4-15(17)11-21-24/h2-7,10-11H,8-9,12H2,1H3,(H,22,26). The van der Waals surface area contributed by atoms with Gasteiger partial charge in [-0.25, -0.2) is 4.68 Å². The van der Waals surface area contributed by atoms with E-state index in [1.807, 2.05) is 24.3 Å². The molecular weight excluding hydrogens is 344 g/mol. The topological polar surface area (TPSA) is 84.3 Å². The Morgan fingerprint density at radius 2 is 2.00 bits per heavy atom. The number of fused-ring (bicyclic) bond motifs is 2. The molecule has 0 bridgehead atoms. The largest absolute Gasteiger partial charge is 0.324 e. The molecule has 0 atom stereocenters. The monoisotopic (exact) mass is 362 g/mol. The van der Waals surface area contributed by atoms with Crippen molar-refractivity contribution in [2.45, 2.75) is 19.9 Å². The van der Waals surface area contributed by atoms with Crippen LogP contribution < -0.4 is 15.8 Å². The summed E-state index contributed by atoms with van der Waals surface area (Å²) < 4.78 is 1.16. The van der Waals surface area contributed by atoms with Crippen LogP contribution in [0.4, 0.5) is 11.4 Å². The first-order valence-corrected chi connectivity index (χ1v) is 8.69. The van der Waals surface area contributed by atoms with Gasteiger partial charge in [-0.2, -0.15) is 5.10 Å². The Hall–Kier alpha value is -3.48. The van der Waals surface area contributed by atoms with Crippen molar-refractivity contribution in [1.29, 1.82) is 0 Å². The normalized spacial score (nSPS) is 12.9. The summed E-state index contributed by atoms with van der Waals surface area (Å²) in [6.07, 6.45) is 2.33. The molecule has 1 aliphatic rings. The molecule has 4 rings (SSSR count). The first-order valence-electron chi connectivity index (χ1n) is 8.69. The number of nitrogens with one attached hydrogen (secondary N) is 1. The first-order chi connectivity index (χ1) is 13.0. The third-order valence-electron chi connectivity index (χ3n) is 4.69. The maximum Gasteiger partial charge on any atom is 0.275 e. The number of anilines is 2.